The number of benzene rings is 1. The van der Waals surface area contributed by atoms with Crippen LogP contribution in [0.25, 0.3) is 0 Å². The molecule has 0 fully saturated rings. The Hall–Kier alpha value is -2.54. The maximum atomic E-state index is 13.6. The quantitative estimate of drug-likeness (QED) is 0.813. The lowest BCUT2D eigenvalue weighted by atomic mass is 10.0. The summed E-state index contributed by atoms with van der Waals surface area (Å²) in [7, 11) is 0. The van der Waals surface area contributed by atoms with Crippen molar-refractivity contribution in [3.05, 3.63) is 59.9 Å². The molecule has 0 radical (unpaired) electrons. The van der Waals surface area contributed by atoms with Gasteiger partial charge >= 0.3 is 6.03 Å². The van der Waals surface area contributed by atoms with E-state index in [2.05, 4.69) is 15.6 Å². The Balaban J connectivity index is 2.02. The third-order valence-corrected chi connectivity index (χ3v) is 3.05. The molecule has 3 N–H and O–H groups in total. The molecule has 0 aliphatic heterocycles. The number of amides is 2. The Bertz CT molecular complexity index is 632. The van der Waals surface area contributed by atoms with Gasteiger partial charge in [-0.3, -0.25) is 4.98 Å². The second-order valence-corrected chi connectivity index (χ2v) is 4.71. The number of hydrogen-bond donors (Lipinski definition) is 3. The minimum absolute atomic E-state index is 0.457. The summed E-state index contributed by atoms with van der Waals surface area (Å²) < 4.78 is 27.2. The maximum absolute atomic E-state index is 13.6. The van der Waals surface area contributed by atoms with Gasteiger partial charge in [-0.2, -0.15) is 0 Å². The monoisotopic (exact) mass is 307 g/mol. The lowest BCUT2D eigenvalue weighted by Gasteiger charge is -2.21. The molecule has 0 unspecified atom stereocenters. The van der Waals surface area contributed by atoms with Crippen molar-refractivity contribution >= 4 is 11.7 Å². The van der Waals surface area contributed by atoms with Crippen LogP contribution in [0.2, 0.25) is 0 Å². The number of hydrogen-bond acceptors (Lipinski definition) is 3. The van der Waals surface area contributed by atoms with Gasteiger partial charge in [0.05, 0.1) is 23.5 Å². The van der Waals surface area contributed by atoms with Crippen molar-refractivity contribution in [2.75, 3.05) is 5.32 Å². The fraction of sp³-hybridized carbons (Fsp3) is 0.200. The standard InChI is InChI=1S/C15H15F2N3O2/c1-9(14(21)13-11(16)5-2-6-12(13)17)19-15(22)20-10-4-3-7-18-8-10/h2-9,14,21H,1H3,(H2,19,20,22)/t9-,14+/m1/s1. The minimum atomic E-state index is -1.51. The summed E-state index contributed by atoms with van der Waals surface area (Å²) in [6.07, 6.45) is 1.48. The second-order valence-electron chi connectivity index (χ2n) is 4.71. The number of urea groups is 1. The fourth-order valence-corrected chi connectivity index (χ4v) is 1.93. The third-order valence-electron chi connectivity index (χ3n) is 3.05. The molecular weight excluding hydrogens is 292 g/mol. The summed E-state index contributed by atoms with van der Waals surface area (Å²) in [5.41, 5.74) is -0.0181. The smallest absolute Gasteiger partial charge is 0.319 e. The predicted molar refractivity (Wildman–Crippen MR) is 77.2 cm³/mol. The van der Waals surface area contributed by atoms with E-state index in [0.717, 1.165) is 12.1 Å². The highest BCUT2D eigenvalue weighted by molar-refractivity contribution is 5.89. The van der Waals surface area contributed by atoms with Crippen LogP contribution in [0.3, 0.4) is 0 Å². The van der Waals surface area contributed by atoms with E-state index in [-0.39, 0.29) is 0 Å². The lowest BCUT2D eigenvalue weighted by molar-refractivity contribution is 0.131. The van der Waals surface area contributed by atoms with Crippen LogP contribution in [0.1, 0.15) is 18.6 Å². The van der Waals surface area contributed by atoms with Crippen LogP contribution in [-0.4, -0.2) is 22.2 Å². The third kappa shape index (κ3) is 3.76. The van der Waals surface area contributed by atoms with Crippen molar-refractivity contribution in [1.82, 2.24) is 10.3 Å². The van der Waals surface area contributed by atoms with E-state index in [9.17, 15) is 18.7 Å². The predicted octanol–water partition coefficient (Wildman–Crippen LogP) is 2.60. The molecule has 0 aliphatic carbocycles. The lowest BCUT2D eigenvalue weighted by Crippen LogP contribution is -2.40. The second kappa shape index (κ2) is 6.95. The molecule has 0 saturated carbocycles. The first-order valence-corrected chi connectivity index (χ1v) is 6.58. The summed E-state index contributed by atoms with van der Waals surface area (Å²) in [4.78, 5) is 15.6. The number of anilines is 1. The average Bonchev–Trinajstić information content (AvgIpc) is 2.47. The van der Waals surface area contributed by atoms with Crippen LogP contribution in [0.15, 0.2) is 42.7 Å². The molecule has 0 aliphatic rings. The zero-order valence-corrected chi connectivity index (χ0v) is 11.8. The highest BCUT2D eigenvalue weighted by Crippen LogP contribution is 2.23. The van der Waals surface area contributed by atoms with Gasteiger partial charge in [-0.15, -0.1) is 0 Å². The average molecular weight is 307 g/mol. The molecule has 1 aromatic heterocycles. The summed E-state index contributed by atoms with van der Waals surface area (Å²) >= 11 is 0. The first-order valence-electron chi connectivity index (χ1n) is 6.58. The molecule has 1 aromatic carbocycles. The van der Waals surface area contributed by atoms with Crippen molar-refractivity contribution < 1.29 is 18.7 Å². The van der Waals surface area contributed by atoms with E-state index in [1.807, 2.05) is 0 Å². The number of nitrogens with one attached hydrogen (secondary N) is 2. The maximum Gasteiger partial charge on any atom is 0.319 e. The molecule has 2 rings (SSSR count). The molecule has 22 heavy (non-hydrogen) atoms. The number of aliphatic hydroxyl groups excluding tert-OH is 1. The number of rotatable bonds is 4. The SMILES string of the molecule is C[C@@H](NC(=O)Nc1cccnc1)[C@H](O)c1c(F)cccc1F. The topological polar surface area (TPSA) is 74.2 Å². The van der Waals surface area contributed by atoms with Crippen molar-refractivity contribution in [2.45, 2.75) is 19.1 Å². The van der Waals surface area contributed by atoms with Gasteiger partial charge in [0.1, 0.15) is 17.7 Å². The first-order chi connectivity index (χ1) is 10.5. The van der Waals surface area contributed by atoms with Crippen molar-refractivity contribution in [3.63, 3.8) is 0 Å². The molecule has 5 nitrogen and oxygen atoms in total. The molecule has 0 saturated heterocycles. The Morgan fingerprint density at radius 3 is 2.50 bits per heavy atom. The van der Waals surface area contributed by atoms with E-state index >= 15 is 0 Å². The molecule has 116 valence electrons. The Morgan fingerprint density at radius 1 is 1.23 bits per heavy atom. The normalized spacial score (nSPS) is 13.3. The number of aromatic nitrogens is 1. The van der Waals surface area contributed by atoms with Crippen molar-refractivity contribution in [3.8, 4) is 0 Å². The Morgan fingerprint density at radius 2 is 1.91 bits per heavy atom. The van der Waals surface area contributed by atoms with Crippen molar-refractivity contribution in [2.24, 2.45) is 0 Å². The summed E-state index contributed by atoms with van der Waals surface area (Å²) in [5.74, 6) is -1.73. The van der Waals surface area contributed by atoms with Gasteiger partial charge in [0.2, 0.25) is 0 Å². The number of carbonyl (C=O) groups excluding carboxylic acids is 1. The van der Waals surface area contributed by atoms with E-state index < -0.39 is 35.4 Å². The molecule has 2 amide bonds. The molecule has 1 heterocycles. The van der Waals surface area contributed by atoms with Gasteiger partial charge in [0, 0.05) is 6.20 Å². The van der Waals surface area contributed by atoms with Crippen molar-refractivity contribution in [1.29, 1.82) is 0 Å². The number of pyridine rings is 1. The molecule has 7 heteroatoms. The number of nitrogens with zero attached hydrogens (tertiary/aromatic N) is 1. The number of halogens is 2. The Labute approximate surface area is 126 Å². The molecular formula is C15H15F2N3O2. The summed E-state index contributed by atoms with van der Waals surface area (Å²) in [6, 6.07) is 5.05. The van der Waals surface area contributed by atoms with E-state index in [4.69, 9.17) is 0 Å². The molecule has 2 aromatic rings. The fourth-order valence-electron chi connectivity index (χ4n) is 1.93. The largest absolute Gasteiger partial charge is 0.386 e. The number of aliphatic hydroxyl groups is 1. The van der Waals surface area contributed by atoms with Crippen LogP contribution in [-0.2, 0) is 0 Å². The zero-order chi connectivity index (χ0) is 16.1. The Kier molecular flexibility index (Phi) is 5.00. The van der Waals surface area contributed by atoms with Crippen LogP contribution >= 0.6 is 0 Å². The highest BCUT2D eigenvalue weighted by atomic mass is 19.1. The molecule has 2 atom stereocenters. The summed E-state index contributed by atoms with van der Waals surface area (Å²) in [6.45, 7) is 1.44. The highest BCUT2D eigenvalue weighted by Gasteiger charge is 2.24. The minimum Gasteiger partial charge on any atom is -0.386 e. The molecule has 0 spiro atoms. The van der Waals surface area contributed by atoms with E-state index in [1.54, 1.807) is 18.3 Å². The van der Waals surface area contributed by atoms with E-state index in [1.165, 1.54) is 19.2 Å². The summed E-state index contributed by atoms with van der Waals surface area (Å²) in [5, 5.41) is 14.9. The van der Waals surface area contributed by atoms with E-state index in [0.29, 0.717) is 5.69 Å². The van der Waals surface area contributed by atoms with Gasteiger partial charge in [-0.25, -0.2) is 13.6 Å². The number of carbonyl (C=O) groups is 1. The zero-order valence-electron chi connectivity index (χ0n) is 11.8. The van der Waals surface area contributed by atoms with Gasteiger partial charge < -0.3 is 15.7 Å². The van der Waals surface area contributed by atoms with Gasteiger partial charge in [0.15, 0.2) is 0 Å². The van der Waals surface area contributed by atoms with Gasteiger partial charge in [0.25, 0.3) is 0 Å². The molecule has 0 bridgehead atoms. The first kappa shape index (κ1) is 15.8. The van der Waals surface area contributed by atoms with Crippen LogP contribution in [0, 0.1) is 11.6 Å². The van der Waals surface area contributed by atoms with Gasteiger partial charge in [-0.05, 0) is 31.2 Å². The van der Waals surface area contributed by atoms with Crippen LogP contribution in [0.4, 0.5) is 19.3 Å². The van der Waals surface area contributed by atoms with Crippen LogP contribution < -0.4 is 10.6 Å². The van der Waals surface area contributed by atoms with Crippen LogP contribution in [0.5, 0.6) is 0 Å². The van der Waals surface area contributed by atoms with Gasteiger partial charge in [-0.1, -0.05) is 6.07 Å².